The van der Waals surface area contributed by atoms with E-state index in [2.05, 4.69) is 27.7 Å². The zero-order valence-corrected chi connectivity index (χ0v) is 16.7. The molecule has 2 aliphatic rings. The van der Waals surface area contributed by atoms with Crippen molar-refractivity contribution in [1.29, 1.82) is 0 Å². The van der Waals surface area contributed by atoms with Gasteiger partial charge in [-0.25, -0.2) is 9.59 Å². The summed E-state index contributed by atoms with van der Waals surface area (Å²) >= 11 is 0. The van der Waals surface area contributed by atoms with Crippen molar-refractivity contribution in [2.75, 3.05) is 24.6 Å². The van der Waals surface area contributed by atoms with Crippen molar-refractivity contribution in [3.63, 3.8) is 0 Å². The second kappa shape index (κ2) is 7.99. The zero-order chi connectivity index (χ0) is 20.4. The van der Waals surface area contributed by atoms with Gasteiger partial charge in [0.05, 0.1) is 30.5 Å². The van der Waals surface area contributed by atoms with Gasteiger partial charge in [-0.2, -0.15) is 0 Å². The van der Waals surface area contributed by atoms with Crippen LogP contribution in [0, 0.1) is 6.92 Å². The van der Waals surface area contributed by atoms with Gasteiger partial charge in [-0.15, -0.1) is 0 Å². The first-order chi connectivity index (χ1) is 14.1. The average molecular weight is 391 g/mol. The molecule has 4 rings (SSSR count). The van der Waals surface area contributed by atoms with E-state index in [1.807, 2.05) is 43.3 Å². The molecule has 0 saturated carbocycles. The van der Waals surface area contributed by atoms with Crippen molar-refractivity contribution in [3.05, 3.63) is 76.5 Å². The first-order valence-corrected chi connectivity index (χ1v) is 9.94. The number of carbonyl (C=O) groups is 2. The molecule has 0 unspecified atom stereocenters. The molecule has 2 aromatic carbocycles. The Morgan fingerprint density at radius 2 is 1.93 bits per heavy atom. The van der Waals surface area contributed by atoms with E-state index in [1.165, 1.54) is 5.56 Å². The molecule has 2 amide bonds. The molecule has 6 nitrogen and oxygen atoms in total. The smallest absolute Gasteiger partial charge is 0.338 e. The third-order valence-corrected chi connectivity index (χ3v) is 5.39. The number of amides is 2. The van der Waals surface area contributed by atoms with E-state index in [0.29, 0.717) is 17.8 Å². The molecule has 0 spiro atoms. The second-order valence-electron chi connectivity index (χ2n) is 7.36. The Balaban J connectivity index is 1.73. The second-order valence-corrected chi connectivity index (χ2v) is 7.36. The highest BCUT2D eigenvalue weighted by molar-refractivity contribution is 5.95. The van der Waals surface area contributed by atoms with E-state index in [9.17, 15) is 9.59 Å². The van der Waals surface area contributed by atoms with Gasteiger partial charge in [-0.1, -0.05) is 48.0 Å². The summed E-state index contributed by atoms with van der Waals surface area (Å²) in [6.45, 7) is 5.35. The summed E-state index contributed by atoms with van der Waals surface area (Å²) < 4.78 is 5.35. The number of benzene rings is 2. The van der Waals surface area contributed by atoms with Crippen molar-refractivity contribution in [2.45, 2.75) is 26.3 Å². The number of para-hydroxylation sites is 1. The van der Waals surface area contributed by atoms with Gasteiger partial charge in [0.2, 0.25) is 0 Å². The Morgan fingerprint density at radius 1 is 1.17 bits per heavy atom. The largest absolute Gasteiger partial charge is 0.463 e. The number of carbonyl (C=O) groups excluding carboxylic acids is 2. The van der Waals surface area contributed by atoms with Gasteiger partial charge in [0.15, 0.2) is 0 Å². The van der Waals surface area contributed by atoms with Crippen LogP contribution >= 0.6 is 0 Å². The summed E-state index contributed by atoms with van der Waals surface area (Å²) in [5.74, 6) is -0.409. The first-order valence-electron chi connectivity index (χ1n) is 9.94. The molecule has 2 aliphatic heterocycles. The van der Waals surface area contributed by atoms with Crippen molar-refractivity contribution < 1.29 is 14.3 Å². The number of fused-ring (bicyclic) bond motifs is 1. The number of ether oxygens (including phenoxy) is 1. The minimum atomic E-state index is -0.545. The highest BCUT2D eigenvalue weighted by Gasteiger charge is 2.35. The molecule has 0 fully saturated rings. The standard InChI is InChI=1S/C23H25N3O3/c1-3-29-22(27)20-18(14-26-13-12-16-6-4-5-7-19(16)26)24-23(28)25-21(20)17-10-8-15(2)9-11-17/h4-11,21H,3,12-14H2,1-2H3,(H2,24,25,28)/t21-/m1/s1. The molecule has 29 heavy (non-hydrogen) atoms. The van der Waals surface area contributed by atoms with Gasteiger partial charge in [0, 0.05) is 12.2 Å². The van der Waals surface area contributed by atoms with Gasteiger partial charge in [0.1, 0.15) is 0 Å². The summed E-state index contributed by atoms with van der Waals surface area (Å²) in [4.78, 5) is 27.5. The number of nitrogens with zero attached hydrogens (tertiary/aromatic N) is 1. The Hall–Kier alpha value is -3.28. The fourth-order valence-corrected chi connectivity index (χ4v) is 3.96. The summed E-state index contributed by atoms with van der Waals surface area (Å²) in [5, 5.41) is 5.75. The molecule has 0 radical (unpaired) electrons. The number of hydrogen-bond acceptors (Lipinski definition) is 4. The van der Waals surface area contributed by atoms with E-state index in [4.69, 9.17) is 4.74 Å². The molecule has 2 aromatic rings. The molecule has 0 saturated heterocycles. The summed E-state index contributed by atoms with van der Waals surface area (Å²) in [5.41, 5.74) is 5.44. The van der Waals surface area contributed by atoms with Crippen molar-refractivity contribution in [2.24, 2.45) is 0 Å². The van der Waals surface area contributed by atoms with E-state index < -0.39 is 12.0 Å². The Labute approximate surface area is 170 Å². The van der Waals surface area contributed by atoms with Gasteiger partial charge in [-0.3, -0.25) is 0 Å². The van der Waals surface area contributed by atoms with Gasteiger partial charge in [0.25, 0.3) is 0 Å². The lowest BCUT2D eigenvalue weighted by molar-refractivity contribution is -0.139. The molecule has 0 bridgehead atoms. The SMILES string of the molecule is CCOC(=O)C1=C(CN2CCc3ccccc32)NC(=O)N[C@@H]1c1ccc(C)cc1. The van der Waals surface area contributed by atoms with Crippen molar-refractivity contribution in [3.8, 4) is 0 Å². The highest BCUT2D eigenvalue weighted by atomic mass is 16.5. The van der Waals surface area contributed by atoms with E-state index >= 15 is 0 Å². The van der Waals surface area contributed by atoms with Crippen LogP contribution in [0.5, 0.6) is 0 Å². The van der Waals surface area contributed by atoms with Crippen LogP contribution < -0.4 is 15.5 Å². The monoisotopic (exact) mass is 391 g/mol. The minimum absolute atomic E-state index is 0.275. The van der Waals surface area contributed by atoms with Crippen LogP contribution in [0.4, 0.5) is 10.5 Å². The van der Waals surface area contributed by atoms with Crippen LogP contribution in [0.25, 0.3) is 0 Å². The predicted octanol–water partition coefficient (Wildman–Crippen LogP) is 3.23. The molecule has 6 heteroatoms. The maximum Gasteiger partial charge on any atom is 0.338 e. The van der Waals surface area contributed by atoms with Crippen LogP contribution in [-0.2, 0) is 16.0 Å². The number of esters is 1. The summed E-state index contributed by atoms with van der Waals surface area (Å²) in [6.07, 6.45) is 0.950. The maximum absolute atomic E-state index is 12.9. The molecule has 150 valence electrons. The number of rotatable bonds is 5. The van der Waals surface area contributed by atoms with E-state index in [0.717, 1.165) is 29.8 Å². The fraction of sp³-hybridized carbons (Fsp3) is 0.304. The van der Waals surface area contributed by atoms with Crippen LogP contribution in [0.3, 0.4) is 0 Å². The number of aryl methyl sites for hydroxylation is 1. The first kappa shape index (κ1) is 19.1. The van der Waals surface area contributed by atoms with Crippen LogP contribution in [0.1, 0.15) is 29.7 Å². The number of hydrogen-bond donors (Lipinski definition) is 2. The van der Waals surface area contributed by atoms with Gasteiger partial charge in [-0.05, 0) is 37.5 Å². The number of anilines is 1. The number of nitrogens with one attached hydrogen (secondary N) is 2. The van der Waals surface area contributed by atoms with Crippen LogP contribution in [0.2, 0.25) is 0 Å². The van der Waals surface area contributed by atoms with Crippen LogP contribution in [-0.4, -0.2) is 31.7 Å². The normalized spacial score (nSPS) is 18.2. The van der Waals surface area contributed by atoms with E-state index in [-0.39, 0.29) is 12.6 Å². The average Bonchev–Trinajstić information content (AvgIpc) is 3.11. The number of urea groups is 1. The fourth-order valence-electron chi connectivity index (χ4n) is 3.96. The molecule has 0 aliphatic carbocycles. The predicted molar refractivity (Wildman–Crippen MR) is 112 cm³/mol. The minimum Gasteiger partial charge on any atom is -0.463 e. The third kappa shape index (κ3) is 3.83. The molecule has 2 heterocycles. The topological polar surface area (TPSA) is 70.7 Å². The molecular formula is C23H25N3O3. The zero-order valence-electron chi connectivity index (χ0n) is 16.7. The molecular weight excluding hydrogens is 366 g/mol. The van der Waals surface area contributed by atoms with Crippen LogP contribution in [0.15, 0.2) is 59.8 Å². The summed E-state index contributed by atoms with van der Waals surface area (Å²) in [6, 6.07) is 15.2. The third-order valence-electron chi connectivity index (χ3n) is 5.39. The van der Waals surface area contributed by atoms with Crippen molar-refractivity contribution >= 4 is 17.7 Å². The lowest BCUT2D eigenvalue weighted by Gasteiger charge is -2.31. The quantitative estimate of drug-likeness (QED) is 0.768. The summed E-state index contributed by atoms with van der Waals surface area (Å²) in [7, 11) is 0. The maximum atomic E-state index is 12.9. The molecule has 1 atom stereocenters. The van der Waals surface area contributed by atoms with E-state index in [1.54, 1.807) is 6.92 Å². The Bertz CT molecular complexity index is 966. The Morgan fingerprint density at radius 3 is 2.69 bits per heavy atom. The molecule has 0 aromatic heterocycles. The lowest BCUT2D eigenvalue weighted by Crippen LogP contribution is -2.48. The Kier molecular flexibility index (Phi) is 5.25. The van der Waals surface area contributed by atoms with Gasteiger partial charge < -0.3 is 20.3 Å². The lowest BCUT2D eigenvalue weighted by atomic mass is 9.94. The van der Waals surface area contributed by atoms with Crippen molar-refractivity contribution in [1.82, 2.24) is 10.6 Å². The highest BCUT2D eigenvalue weighted by Crippen LogP contribution is 2.32. The van der Waals surface area contributed by atoms with Gasteiger partial charge >= 0.3 is 12.0 Å². The molecule has 2 N–H and O–H groups in total.